The summed E-state index contributed by atoms with van der Waals surface area (Å²) < 4.78 is 0. The Labute approximate surface area is 115 Å². The summed E-state index contributed by atoms with van der Waals surface area (Å²) in [6.07, 6.45) is 4.60. The highest BCUT2D eigenvalue weighted by Gasteiger charge is 2.33. The van der Waals surface area contributed by atoms with Crippen LogP contribution in [0.2, 0.25) is 0 Å². The summed E-state index contributed by atoms with van der Waals surface area (Å²) in [5, 5.41) is 14.7. The standard InChI is InChI=1S/C13H16N2O3S/c1-8-15-9(7-19-8)6-14-12(16)10-4-2-3-5-11(10)13(17)18/h2-3,7,10-11H,4-6H2,1H3,(H,14,16)(H,17,18)/t10-,11+/m1/s1. The third kappa shape index (κ3) is 3.41. The van der Waals surface area contributed by atoms with Gasteiger partial charge in [0.2, 0.25) is 5.91 Å². The number of aliphatic carboxylic acids is 1. The molecule has 0 spiro atoms. The van der Waals surface area contributed by atoms with Gasteiger partial charge in [-0.15, -0.1) is 11.3 Å². The van der Waals surface area contributed by atoms with Crippen LogP contribution < -0.4 is 5.32 Å². The van der Waals surface area contributed by atoms with Crippen LogP contribution in [-0.2, 0) is 16.1 Å². The monoisotopic (exact) mass is 280 g/mol. The quantitative estimate of drug-likeness (QED) is 0.823. The van der Waals surface area contributed by atoms with Gasteiger partial charge in [-0.25, -0.2) is 4.98 Å². The molecule has 0 aromatic carbocycles. The Balaban J connectivity index is 1.95. The van der Waals surface area contributed by atoms with E-state index in [0.29, 0.717) is 19.4 Å². The van der Waals surface area contributed by atoms with E-state index < -0.39 is 17.8 Å². The van der Waals surface area contributed by atoms with Gasteiger partial charge in [0.15, 0.2) is 0 Å². The number of carboxylic acids is 1. The molecule has 2 atom stereocenters. The van der Waals surface area contributed by atoms with Crippen LogP contribution in [0, 0.1) is 18.8 Å². The van der Waals surface area contributed by atoms with Crippen molar-refractivity contribution in [1.82, 2.24) is 10.3 Å². The van der Waals surface area contributed by atoms with Crippen molar-refractivity contribution in [2.75, 3.05) is 0 Å². The molecule has 1 heterocycles. The highest BCUT2D eigenvalue weighted by Crippen LogP contribution is 2.26. The largest absolute Gasteiger partial charge is 0.481 e. The lowest BCUT2D eigenvalue weighted by Crippen LogP contribution is -2.38. The number of carboxylic acid groups (broad SMARTS) is 1. The van der Waals surface area contributed by atoms with E-state index in [-0.39, 0.29) is 5.91 Å². The Kier molecular flexibility index (Phi) is 4.31. The number of allylic oxidation sites excluding steroid dienone is 2. The number of amides is 1. The van der Waals surface area contributed by atoms with Crippen molar-refractivity contribution in [3.63, 3.8) is 0 Å². The number of hydrogen-bond acceptors (Lipinski definition) is 4. The third-order valence-electron chi connectivity index (χ3n) is 3.20. The van der Waals surface area contributed by atoms with Crippen molar-refractivity contribution < 1.29 is 14.7 Å². The van der Waals surface area contributed by atoms with E-state index in [1.807, 2.05) is 24.5 Å². The number of aryl methyl sites for hydroxylation is 1. The van der Waals surface area contributed by atoms with Gasteiger partial charge in [0.1, 0.15) is 0 Å². The van der Waals surface area contributed by atoms with E-state index in [1.54, 1.807) is 0 Å². The molecule has 1 aliphatic rings. The zero-order valence-electron chi connectivity index (χ0n) is 10.6. The van der Waals surface area contributed by atoms with E-state index in [9.17, 15) is 9.59 Å². The zero-order chi connectivity index (χ0) is 13.8. The summed E-state index contributed by atoms with van der Waals surface area (Å²) in [5.74, 6) is -2.22. The molecule has 5 nitrogen and oxygen atoms in total. The van der Waals surface area contributed by atoms with Crippen molar-refractivity contribution in [2.45, 2.75) is 26.3 Å². The topological polar surface area (TPSA) is 79.3 Å². The Bertz CT molecular complexity index is 510. The van der Waals surface area contributed by atoms with Crippen LogP contribution in [0.5, 0.6) is 0 Å². The fourth-order valence-electron chi connectivity index (χ4n) is 2.18. The molecule has 0 aliphatic heterocycles. The second-order valence-corrected chi connectivity index (χ2v) is 5.63. The number of carbonyl (C=O) groups is 2. The molecule has 0 bridgehead atoms. The highest BCUT2D eigenvalue weighted by atomic mass is 32.1. The molecule has 2 N–H and O–H groups in total. The van der Waals surface area contributed by atoms with E-state index in [0.717, 1.165) is 10.7 Å². The fourth-order valence-corrected chi connectivity index (χ4v) is 2.79. The first-order valence-electron chi connectivity index (χ1n) is 6.14. The van der Waals surface area contributed by atoms with Gasteiger partial charge in [-0.05, 0) is 19.8 Å². The average molecular weight is 280 g/mol. The minimum Gasteiger partial charge on any atom is -0.481 e. The number of rotatable bonds is 4. The van der Waals surface area contributed by atoms with Gasteiger partial charge in [0.05, 0.1) is 29.1 Å². The van der Waals surface area contributed by atoms with Crippen LogP contribution in [0.15, 0.2) is 17.5 Å². The first-order valence-corrected chi connectivity index (χ1v) is 7.02. The van der Waals surface area contributed by atoms with Crippen molar-refractivity contribution in [1.29, 1.82) is 0 Å². The molecule has 1 aromatic rings. The number of carbonyl (C=O) groups excluding carboxylic acids is 1. The van der Waals surface area contributed by atoms with Gasteiger partial charge in [0.25, 0.3) is 0 Å². The van der Waals surface area contributed by atoms with Crippen molar-refractivity contribution in [2.24, 2.45) is 11.8 Å². The van der Waals surface area contributed by atoms with E-state index in [1.165, 1.54) is 11.3 Å². The second-order valence-electron chi connectivity index (χ2n) is 4.57. The maximum absolute atomic E-state index is 12.1. The van der Waals surface area contributed by atoms with Crippen LogP contribution in [-0.4, -0.2) is 22.0 Å². The number of nitrogens with one attached hydrogen (secondary N) is 1. The van der Waals surface area contributed by atoms with Crippen LogP contribution in [0.1, 0.15) is 23.5 Å². The molecule has 6 heteroatoms. The molecular weight excluding hydrogens is 264 g/mol. The van der Waals surface area contributed by atoms with Gasteiger partial charge in [-0.2, -0.15) is 0 Å². The molecule has 1 aromatic heterocycles. The molecule has 0 saturated heterocycles. The summed E-state index contributed by atoms with van der Waals surface area (Å²) in [6, 6.07) is 0. The van der Waals surface area contributed by atoms with Crippen LogP contribution in [0.25, 0.3) is 0 Å². The van der Waals surface area contributed by atoms with Crippen molar-refractivity contribution in [3.05, 3.63) is 28.2 Å². The minimum absolute atomic E-state index is 0.206. The van der Waals surface area contributed by atoms with Gasteiger partial charge >= 0.3 is 5.97 Å². The third-order valence-corrected chi connectivity index (χ3v) is 4.02. The summed E-state index contributed by atoms with van der Waals surface area (Å²) in [7, 11) is 0. The van der Waals surface area contributed by atoms with Gasteiger partial charge in [-0.1, -0.05) is 12.2 Å². The minimum atomic E-state index is -0.908. The Morgan fingerprint density at radius 2 is 2.11 bits per heavy atom. The number of aromatic nitrogens is 1. The Hall–Kier alpha value is -1.69. The van der Waals surface area contributed by atoms with Gasteiger partial charge in [0, 0.05) is 5.38 Å². The molecule has 19 heavy (non-hydrogen) atoms. The Morgan fingerprint density at radius 3 is 2.68 bits per heavy atom. The summed E-state index contributed by atoms with van der Waals surface area (Å²) >= 11 is 1.53. The summed E-state index contributed by atoms with van der Waals surface area (Å²) in [5.41, 5.74) is 0.814. The fraction of sp³-hybridized carbons (Fsp3) is 0.462. The van der Waals surface area contributed by atoms with E-state index in [2.05, 4.69) is 10.3 Å². The normalized spacial score (nSPS) is 22.2. The van der Waals surface area contributed by atoms with Gasteiger partial charge < -0.3 is 10.4 Å². The Morgan fingerprint density at radius 1 is 1.42 bits per heavy atom. The molecule has 2 rings (SSSR count). The maximum Gasteiger partial charge on any atom is 0.307 e. The number of hydrogen-bond donors (Lipinski definition) is 2. The predicted octanol–water partition coefficient (Wildman–Crippen LogP) is 1.73. The molecule has 1 amide bonds. The van der Waals surface area contributed by atoms with Crippen LogP contribution >= 0.6 is 11.3 Å². The number of nitrogens with zero attached hydrogens (tertiary/aromatic N) is 1. The first kappa shape index (κ1) is 13.7. The number of thiazole rings is 1. The van der Waals surface area contributed by atoms with Crippen molar-refractivity contribution >= 4 is 23.2 Å². The molecule has 0 unspecified atom stereocenters. The van der Waals surface area contributed by atoms with Crippen molar-refractivity contribution in [3.8, 4) is 0 Å². The summed E-state index contributed by atoms with van der Waals surface area (Å²) in [6.45, 7) is 2.26. The molecule has 1 aliphatic carbocycles. The smallest absolute Gasteiger partial charge is 0.307 e. The average Bonchev–Trinajstić information content (AvgIpc) is 2.81. The highest BCUT2D eigenvalue weighted by molar-refractivity contribution is 7.09. The van der Waals surface area contributed by atoms with E-state index in [4.69, 9.17) is 5.11 Å². The molecule has 0 fully saturated rings. The molecule has 0 radical (unpaired) electrons. The van der Waals surface area contributed by atoms with Crippen LogP contribution in [0.3, 0.4) is 0 Å². The lowest BCUT2D eigenvalue weighted by atomic mass is 9.82. The molecule has 102 valence electrons. The zero-order valence-corrected chi connectivity index (χ0v) is 11.4. The SMILES string of the molecule is Cc1nc(CNC(=O)[C@@H]2CC=CC[C@@H]2C(=O)O)cs1. The lowest BCUT2D eigenvalue weighted by Gasteiger charge is -2.24. The lowest BCUT2D eigenvalue weighted by molar-refractivity contribution is -0.147. The maximum atomic E-state index is 12.1. The second kappa shape index (κ2) is 5.97. The summed E-state index contributed by atoms with van der Waals surface area (Å²) in [4.78, 5) is 27.4. The molecule has 0 saturated carbocycles. The van der Waals surface area contributed by atoms with E-state index >= 15 is 0 Å². The molecular formula is C13H16N2O3S. The first-order chi connectivity index (χ1) is 9.08. The predicted molar refractivity (Wildman–Crippen MR) is 71.7 cm³/mol. The van der Waals surface area contributed by atoms with Gasteiger partial charge in [-0.3, -0.25) is 9.59 Å². The van der Waals surface area contributed by atoms with Crippen LogP contribution in [0.4, 0.5) is 0 Å².